The number of rotatable bonds is 4. The smallest absolute Gasteiger partial charge is 0.320 e. The number of ether oxygens (including phenoxy) is 1. The van der Waals surface area contributed by atoms with Gasteiger partial charge in [-0.15, -0.1) is 0 Å². The second kappa shape index (κ2) is 5.19. The van der Waals surface area contributed by atoms with E-state index in [4.69, 9.17) is 9.84 Å². The molecule has 4 nitrogen and oxygen atoms in total. The highest BCUT2D eigenvalue weighted by Gasteiger charge is 2.23. The predicted molar refractivity (Wildman–Crippen MR) is 48.3 cm³/mol. The number of hydrogen-bond donors (Lipinski definition) is 1. The molecular weight excluding hydrogens is 170 g/mol. The SMILES string of the molecule is CCOC(=O)CN1CCC(CO)C1. The van der Waals surface area contributed by atoms with Gasteiger partial charge in [0.25, 0.3) is 0 Å². The van der Waals surface area contributed by atoms with Crippen LogP contribution in [0.5, 0.6) is 0 Å². The van der Waals surface area contributed by atoms with Crippen molar-refractivity contribution in [1.82, 2.24) is 4.90 Å². The lowest BCUT2D eigenvalue weighted by Crippen LogP contribution is -2.29. The lowest BCUT2D eigenvalue weighted by molar-refractivity contribution is -0.144. The van der Waals surface area contributed by atoms with Crippen LogP contribution in [0.2, 0.25) is 0 Å². The maximum atomic E-state index is 11.1. The van der Waals surface area contributed by atoms with E-state index in [0.29, 0.717) is 19.1 Å². The van der Waals surface area contributed by atoms with Gasteiger partial charge in [0, 0.05) is 13.2 Å². The number of hydrogen-bond acceptors (Lipinski definition) is 4. The molecule has 1 unspecified atom stereocenters. The number of carbonyl (C=O) groups is 1. The third-order valence-corrected chi connectivity index (χ3v) is 2.29. The minimum Gasteiger partial charge on any atom is -0.465 e. The molecular formula is C9H17NO3. The third-order valence-electron chi connectivity index (χ3n) is 2.29. The van der Waals surface area contributed by atoms with Gasteiger partial charge in [0.15, 0.2) is 0 Å². The number of nitrogens with zero attached hydrogens (tertiary/aromatic N) is 1. The summed E-state index contributed by atoms with van der Waals surface area (Å²) < 4.78 is 4.83. The van der Waals surface area contributed by atoms with E-state index in [0.717, 1.165) is 19.5 Å². The van der Waals surface area contributed by atoms with Gasteiger partial charge < -0.3 is 9.84 Å². The molecule has 1 aliphatic rings. The van der Waals surface area contributed by atoms with Crippen molar-refractivity contribution in [2.45, 2.75) is 13.3 Å². The first-order valence-corrected chi connectivity index (χ1v) is 4.75. The zero-order chi connectivity index (χ0) is 9.68. The molecule has 1 N–H and O–H groups in total. The van der Waals surface area contributed by atoms with Crippen molar-refractivity contribution < 1.29 is 14.6 Å². The number of esters is 1. The van der Waals surface area contributed by atoms with E-state index in [-0.39, 0.29) is 12.6 Å². The molecule has 1 aliphatic heterocycles. The van der Waals surface area contributed by atoms with Crippen molar-refractivity contribution in [3.63, 3.8) is 0 Å². The summed E-state index contributed by atoms with van der Waals surface area (Å²) in [6.45, 7) is 4.54. The summed E-state index contributed by atoms with van der Waals surface area (Å²) in [5, 5.41) is 8.88. The fourth-order valence-corrected chi connectivity index (χ4v) is 1.59. The number of likely N-dealkylation sites (tertiary alicyclic amines) is 1. The molecule has 1 heterocycles. The summed E-state index contributed by atoms with van der Waals surface area (Å²) >= 11 is 0. The van der Waals surface area contributed by atoms with Crippen LogP contribution in [0, 0.1) is 5.92 Å². The van der Waals surface area contributed by atoms with Gasteiger partial charge in [0.1, 0.15) is 0 Å². The Bertz CT molecular complexity index is 172. The first kappa shape index (κ1) is 10.5. The Morgan fingerprint density at radius 1 is 1.69 bits per heavy atom. The molecule has 0 aromatic heterocycles. The lowest BCUT2D eigenvalue weighted by atomic mass is 10.1. The van der Waals surface area contributed by atoms with Crippen LogP contribution in [0.25, 0.3) is 0 Å². The van der Waals surface area contributed by atoms with Crippen molar-refractivity contribution in [3.8, 4) is 0 Å². The Kier molecular flexibility index (Phi) is 4.18. The molecule has 0 amide bonds. The van der Waals surface area contributed by atoms with Crippen LogP contribution in [0.15, 0.2) is 0 Å². The Hall–Kier alpha value is -0.610. The zero-order valence-electron chi connectivity index (χ0n) is 8.03. The topological polar surface area (TPSA) is 49.8 Å². The van der Waals surface area contributed by atoms with Crippen molar-refractivity contribution in [2.75, 3.05) is 32.8 Å². The van der Waals surface area contributed by atoms with E-state index < -0.39 is 0 Å². The zero-order valence-corrected chi connectivity index (χ0v) is 8.03. The first-order valence-electron chi connectivity index (χ1n) is 4.75. The van der Waals surface area contributed by atoms with E-state index in [1.165, 1.54) is 0 Å². The van der Waals surface area contributed by atoms with Crippen LogP contribution < -0.4 is 0 Å². The molecule has 0 radical (unpaired) electrons. The molecule has 1 saturated heterocycles. The fraction of sp³-hybridized carbons (Fsp3) is 0.889. The van der Waals surface area contributed by atoms with Crippen LogP contribution in [0.1, 0.15) is 13.3 Å². The Balaban J connectivity index is 2.19. The van der Waals surface area contributed by atoms with Gasteiger partial charge in [-0.05, 0) is 25.8 Å². The van der Waals surface area contributed by atoms with Gasteiger partial charge in [-0.25, -0.2) is 0 Å². The molecule has 0 aliphatic carbocycles. The molecule has 4 heteroatoms. The third kappa shape index (κ3) is 3.32. The Labute approximate surface area is 78.5 Å². The van der Waals surface area contributed by atoms with Crippen molar-refractivity contribution in [1.29, 1.82) is 0 Å². The largest absolute Gasteiger partial charge is 0.465 e. The van der Waals surface area contributed by atoms with Crippen LogP contribution >= 0.6 is 0 Å². The maximum absolute atomic E-state index is 11.1. The number of aliphatic hydroxyl groups is 1. The molecule has 0 saturated carbocycles. The highest BCUT2D eigenvalue weighted by molar-refractivity contribution is 5.71. The maximum Gasteiger partial charge on any atom is 0.320 e. The van der Waals surface area contributed by atoms with Gasteiger partial charge in [-0.2, -0.15) is 0 Å². The summed E-state index contributed by atoms with van der Waals surface area (Å²) in [6, 6.07) is 0. The summed E-state index contributed by atoms with van der Waals surface area (Å²) in [4.78, 5) is 13.1. The quantitative estimate of drug-likeness (QED) is 0.623. The molecule has 0 aromatic carbocycles. The van der Waals surface area contributed by atoms with E-state index in [1.54, 1.807) is 6.92 Å². The highest BCUT2D eigenvalue weighted by Crippen LogP contribution is 2.14. The second-order valence-electron chi connectivity index (χ2n) is 3.38. The molecule has 0 bridgehead atoms. The van der Waals surface area contributed by atoms with Crippen LogP contribution in [0.3, 0.4) is 0 Å². The van der Waals surface area contributed by atoms with Crippen LogP contribution in [-0.2, 0) is 9.53 Å². The average Bonchev–Trinajstić information content (AvgIpc) is 2.52. The van der Waals surface area contributed by atoms with E-state index in [2.05, 4.69) is 0 Å². The molecule has 76 valence electrons. The Morgan fingerprint density at radius 3 is 3.00 bits per heavy atom. The van der Waals surface area contributed by atoms with Crippen molar-refractivity contribution in [2.24, 2.45) is 5.92 Å². The molecule has 0 aromatic rings. The molecule has 1 rings (SSSR count). The minimum absolute atomic E-state index is 0.166. The normalized spacial score (nSPS) is 23.4. The van der Waals surface area contributed by atoms with Gasteiger partial charge >= 0.3 is 5.97 Å². The van der Waals surface area contributed by atoms with Gasteiger partial charge in [0.05, 0.1) is 13.2 Å². The van der Waals surface area contributed by atoms with Crippen molar-refractivity contribution >= 4 is 5.97 Å². The molecule has 1 atom stereocenters. The van der Waals surface area contributed by atoms with Crippen LogP contribution in [0.4, 0.5) is 0 Å². The standard InChI is InChI=1S/C9H17NO3/c1-2-13-9(12)6-10-4-3-8(5-10)7-11/h8,11H,2-7H2,1H3. The summed E-state index contributed by atoms with van der Waals surface area (Å²) in [6.07, 6.45) is 0.982. The second-order valence-corrected chi connectivity index (χ2v) is 3.38. The van der Waals surface area contributed by atoms with E-state index >= 15 is 0 Å². The predicted octanol–water partition coefficient (Wildman–Crippen LogP) is -0.136. The molecule has 1 fully saturated rings. The van der Waals surface area contributed by atoms with Crippen LogP contribution in [-0.4, -0.2) is 48.8 Å². The first-order chi connectivity index (χ1) is 6.26. The van der Waals surface area contributed by atoms with Crippen molar-refractivity contribution in [3.05, 3.63) is 0 Å². The lowest BCUT2D eigenvalue weighted by Gasteiger charge is -2.13. The summed E-state index contributed by atoms with van der Waals surface area (Å²) in [5.74, 6) is 0.176. The number of carbonyl (C=O) groups excluding carboxylic acids is 1. The molecule has 0 spiro atoms. The summed E-state index contributed by atoms with van der Waals surface area (Å²) in [7, 11) is 0. The Morgan fingerprint density at radius 2 is 2.46 bits per heavy atom. The van der Waals surface area contributed by atoms with E-state index in [9.17, 15) is 4.79 Å². The molecule has 13 heavy (non-hydrogen) atoms. The van der Waals surface area contributed by atoms with Gasteiger partial charge in [-0.1, -0.05) is 0 Å². The highest BCUT2D eigenvalue weighted by atomic mass is 16.5. The van der Waals surface area contributed by atoms with Gasteiger partial charge in [0.2, 0.25) is 0 Å². The number of aliphatic hydroxyl groups excluding tert-OH is 1. The fourth-order valence-electron chi connectivity index (χ4n) is 1.59. The summed E-state index contributed by atoms with van der Waals surface area (Å²) in [5.41, 5.74) is 0. The average molecular weight is 187 g/mol. The van der Waals surface area contributed by atoms with Gasteiger partial charge in [-0.3, -0.25) is 9.69 Å². The monoisotopic (exact) mass is 187 g/mol. The van der Waals surface area contributed by atoms with E-state index in [1.807, 2.05) is 4.90 Å². The minimum atomic E-state index is -0.166.